The minimum Gasteiger partial charge on any atom is -0.444 e. The van der Waals surface area contributed by atoms with Crippen LogP contribution in [0.25, 0.3) is 0 Å². The van der Waals surface area contributed by atoms with Crippen molar-refractivity contribution in [2.45, 2.75) is 51.7 Å². The normalized spacial score (nSPS) is 26.8. The van der Waals surface area contributed by atoms with Crippen molar-refractivity contribution in [1.29, 1.82) is 0 Å². The monoisotopic (exact) mass is 394 g/mol. The molecule has 2 atom stereocenters. The van der Waals surface area contributed by atoms with Gasteiger partial charge in [0.2, 0.25) is 0 Å². The Bertz CT molecular complexity index is 568. The van der Waals surface area contributed by atoms with Gasteiger partial charge in [0, 0.05) is 29.3 Å². The minimum absolute atomic E-state index is 0.165. The van der Waals surface area contributed by atoms with Crippen LogP contribution in [0.15, 0.2) is 28.7 Å². The molecule has 1 heterocycles. The van der Waals surface area contributed by atoms with Crippen LogP contribution < -0.4 is 5.32 Å². The van der Waals surface area contributed by atoms with E-state index in [2.05, 4.69) is 45.5 Å². The van der Waals surface area contributed by atoms with E-state index in [4.69, 9.17) is 4.74 Å². The second-order valence-electron chi connectivity index (χ2n) is 8.01. The van der Waals surface area contributed by atoms with Gasteiger partial charge in [0.05, 0.1) is 0 Å². The van der Waals surface area contributed by atoms with Gasteiger partial charge < -0.3 is 15.0 Å². The van der Waals surface area contributed by atoms with Crippen molar-refractivity contribution in [1.82, 2.24) is 4.90 Å². The second kappa shape index (κ2) is 6.95. The van der Waals surface area contributed by atoms with Crippen LogP contribution in [0.5, 0.6) is 0 Å². The van der Waals surface area contributed by atoms with E-state index in [9.17, 15) is 4.79 Å². The number of halogens is 1. The van der Waals surface area contributed by atoms with Gasteiger partial charge in [-0.15, -0.1) is 0 Å². The lowest BCUT2D eigenvalue weighted by molar-refractivity contribution is 0.000434. The Morgan fingerprint density at radius 2 is 1.75 bits per heavy atom. The van der Waals surface area contributed by atoms with Crippen LogP contribution in [-0.4, -0.2) is 35.7 Å². The van der Waals surface area contributed by atoms with E-state index in [1.54, 1.807) is 0 Å². The van der Waals surface area contributed by atoms with Crippen molar-refractivity contribution < 1.29 is 9.53 Å². The fourth-order valence-electron chi connectivity index (χ4n) is 3.89. The molecule has 5 heteroatoms. The van der Waals surface area contributed by atoms with E-state index in [1.165, 1.54) is 19.3 Å². The zero-order chi connectivity index (χ0) is 17.3. The van der Waals surface area contributed by atoms with E-state index in [-0.39, 0.29) is 6.09 Å². The van der Waals surface area contributed by atoms with Crippen LogP contribution in [0.4, 0.5) is 10.5 Å². The average Bonchev–Trinajstić information content (AvgIpc) is 2.47. The van der Waals surface area contributed by atoms with Gasteiger partial charge in [-0.1, -0.05) is 22.4 Å². The highest BCUT2D eigenvalue weighted by Gasteiger charge is 2.41. The molecule has 24 heavy (non-hydrogen) atoms. The molecule has 1 N–H and O–H groups in total. The van der Waals surface area contributed by atoms with Crippen molar-refractivity contribution in [3.8, 4) is 0 Å². The molecule has 2 bridgehead atoms. The molecule has 1 aliphatic heterocycles. The molecule has 1 aromatic rings. The summed E-state index contributed by atoms with van der Waals surface area (Å²) < 4.78 is 6.66. The minimum atomic E-state index is -0.432. The highest BCUT2D eigenvalue weighted by Crippen LogP contribution is 2.37. The Hall–Kier alpha value is -1.23. The molecule has 1 aliphatic carbocycles. The summed E-state index contributed by atoms with van der Waals surface area (Å²) in [7, 11) is 0. The van der Waals surface area contributed by atoms with E-state index in [0.29, 0.717) is 17.9 Å². The van der Waals surface area contributed by atoms with E-state index >= 15 is 0 Å². The number of piperidine rings is 1. The number of hydrogen-bond acceptors (Lipinski definition) is 3. The van der Waals surface area contributed by atoms with Gasteiger partial charge in [0.1, 0.15) is 5.60 Å². The Morgan fingerprint density at radius 1 is 1.17 bits per heavy atom. The highest BCUT2D eigenvalue weighted by molar-refractivity contribution is 9.10. The number of likely N-dealkylation sites (tertiary alicyclic amines) is 1. The van der Waals surface area contributed by atoms with Gasteiger partial charge in [-0.3, -0.25) is 0 Å². The highest BCUT2D eigenvalue weighted by atomic mass is 79.9. The topological polar surface area (TPSA) is 41.6 Å². The maximum absolute atomic E-state index is 12.4. The number of fused-ring (bicyclic) bond motifs is 2. The number of carbonyl (C=O) groups is 1. The SMILES string of the molecule is CC(C)(C)OC(=O)N1CC2CCCC(C1)C2Nc1ccc(Br)cc1. The third kappa shape index (κ3) is 4.24. The third-order valence-corrected chi connectivity index (χ3v) is 5.43. The Kier molecular flexibility index (Phi) is 5.09. The van der Waals surface area contributed by atoms with Gasteiger partial charge >= 0.3 is 6.09 Å². The predicted molar refractivity (Wildman–Crippen MR) is 100 cm³/mol. The zero-order valence-electron chi connectivity index (χ0n) is 14.7. The number of carbonyl (C=O) groups excluding carboxylic acids is 1. The molecular weight excluding hydrogens is 368 g/mol. The molecule has 1 saturated heterocycles. The molecule has 0 spiro atoms. The smallest absolute Gasteiger partial charge is 0.410 e. The molecule has 2 unspecified atom stereocenters. The molecule has 1 aromatic carbocycles. The molecule has 1 amide bonds. The van der Waals surface area contributed by atoms with Crippen molar-refractivity contribution in [3.05, 3.63) is 28.7 Å². The third-order valence-electron chi connectivity index (χ3n) is 4.90. The summed E-state index contributed by atoms with van der Waals surface area (Å²) in [4.78, 5) is 14.3. The molecule has 4 nitrogen and oxygen atoms in total. The molecule has 2 aliphatic rings. The molecular formula is C19H27BrN2O2. The van der Waals surface area contributed by atoms with E-state index < -0.39 is 5.60 Å². The summed E-state index contributed by atoms with van der Waals surface area (Å²) in [5.74, 6) is 0.988. The number of amides is 1. The van der Waals surface area contributed by atoms with Crippen molar-refractivity contribution in [2.24, 2.45) is 11.8 Å². The number of hydrogen-bond donors (Lipinski definition) is 1. The summed E-state index contributed by atoms with van der Waals surface area (Å²) in [5.41, 5.74) is 0.726. The van der Waals surface area contributed by atoms with Crippen molar-refractivity contribution in [3.63, 3.8) is 0 Å². The lowest BCUT2D eigenvalue weighted by atomic mass is 9.73. The zero-order valence-corrected chi connectivity index (χ0v) is 16.3. The first-order valence-electron chi connectivity index (χ1n) is 8.82. The van der Waals surface area contributed by atoms with Crippen LogP contribution in [-0.2, 0) is 4.74 Å². The second-order valence-corrected chi connectivity index (χ2v) is 8.93. The maximum atomic E-state index is 12.4. The van der Waals surface area contributed by atoms with Gasteiger partial charge in [-0.25, -0.2) is 4.79 Å². The molecule has 0 aromatic heterocycles. The number of nitrogens with one attached hydrogen (secondary N) is 1. The first-order valence-corrected chi connectivity index (χ1v) is 9.61. The molecule has 1 saturated carbocycles. The van der Waals surface area contributed by atoms with Crippen molar-refractivity contribution >= 4 is 27.7 Å². The molecule has 0 radical (unpaired) electrons. The van der Waals surface area contributed by atoms with Crippen LogP contribution in [0, 0.1) is 11.8 Å². The first-order chi connectivity index (χ1) is 11.3. The summed E-state index contributed by atoms with van der Waals surface area (Å²) in [6, 6.07) is 8.79. The van der Waals surface area contributed by atoms with Crippen LogP contribution in [0.3, 0.4) is 0 Å². The number of ether oxygens (including phenoxy) is 1. The molecule has 2 fully saturated rings. The average molecular weight is 395 g/mol. The van der Waals surface area contributed by atoms with Crippen LogP contribution in [0.2, 0.25) is 0 Å². The van der Waals surface area contributed by atoms with Crippen molar-refractivity contribution in [2.75, 3.05) is 18.4 Å². The fraction of sp³-hybridized carbons (Fsp3) is 0.632. The Labute approximate surface area is 153 Å². The predicted octanol–water partition coefficient (Wildman–Crippen LogP) is 4.90. The summed E-state index contributed by atoms with van der Waals surface area (Å²) >= 11 is 3.48. The lowest BCUT2D eigenvalue weighted by Gasteiger charge is -2.47. The van der Waals surface area contributed by atoms with Gasteiger partial charge in [0.25, 0.3) is 0 Å². The van der Waals surface area contributed by atoms with E-state index in [1.807, 2.05) is 25.7 Å². The first kappa shape index (κ1) is 17.6. The van der Waals surface area contributed by atoms with Gasteiger partial charge in [-0.05, 0) is 69.7 Å². The quantitative estimate of drug-likeness (QED) is 0.775. The van der Waals surface area contributed by atoms with Gasteiger partial charge in [-0.2, -0.15) is 0 Å². The molecule has 132 valence electrons. The van der Waals surface area contributed by atoms with E-state index in [0.717, 1.165) is 23.2 Å². The Balaban J connectivity index is 1.67. The maximum Gasteiger partial charge on any atom is 0.410 e. The van der Waals surface area contributed by atoms with Gasteiger partial charge in [0.15, 0.2) is 0 Å². The number of nitrogens with zero attached hydrogens (tertiary/aromatic N) is 1. The summed E-state index contributed by atoms with van der Waals surface area (Å²) in [6.45, 7) is 7.36. The summed E-state index contributed by atoms with van der Waals surface area (Å²) in [5, 5.41) is 3.72. The standard InChI is InChI=1S/C19H27BrN2O2/c1-19(2,3)24-18(23)22-11-13-5-4-6-14(12-22)17(13)21-16-9-7-15(20)8-10-16/h7-10,13-14,17,21H,4-6,11-12H2,1-3H3. The Morgan fingerprint density at radius 3 is 2.29 bits per heavy atom. The van der Waals surface area contributed by atoms with Crippen LogP contribution in [0.1, 0.15) is 40.0 Å². The number of benzene rings is 1. The number of rotatable bonds is 2. The fourth-order valence-corrected chi connectivity index (χ4v) is 4.15. The van der Waals surface area contributed by atoms with Crippen LogP contribution >= 0.6 is 15.9 Å². The largest absolute Gasteiger partial charge is 0.444 e. The summed E-state index contributed by atoms with van der Waals surface area (Å²) in [6.07, 6.45) is 3.44. The lowest BCUT2D eigenvalue weighted by Crippen LogP contribution is -2.56. The number of anilines is 1. The molecule has 3 rings (SSSR count).